The Balaban J connectivity index is 1.87. The summed E-state index contributed by atoms with van der Waals surface area (Å²) in [6.45, 7) is 4.70. The van der Waals surface area contributed by atoms with Crippen molar-refractivity contribution in [1.82, 2.24) is 9.88 Å². The molecule has 128 valence electrons. The van der Waals surface area contributed by atoms with E-state index < -0.39 is 0 Å². The van der Waals surface area contributed by atoms with Crippen LogP contribution in [-0.4, -0.2) is 54.3 Å². The van der Waals surface area contributed by atoms with E-state index in [-0.39, 0.29) is 29.6 Å². The van der Waals surface area contributed by atoms with Crippen molar-refractivity contribution in [2.24, 2.45) is 0 Å². The van der Waals surface area contributed by atoms with Crippen molar-refractivity contribution in [3.63, 3.8) is 0 Å². The van der Waals surface area contributed by atoms with Gasteiger partial charge in [0.1, 0.15) is 5.76 Å². The molecule has 2 heterocycles. The molecule has 1 aliphatic heterocycles. The third-order valence-electron chi connectivity index (χ3n) is 5.46. The predicted octanol–water partition coefficient (Wildman–Crippen LogP) is 2.60. The molecule has 0 aromatic carbocycles. The highest BCUT2D eigenvalue weighted by atomic mass is 16.5. The van der Waals surface area contributed by atoms with Crippen molar-refractivity contribution in [1.29, 1.82) is 0 Å². The molecule has 6 heteroatoms. The molecular weight excluding hydrogens is 296 g/mol. The van der Waals surface area contributed by atoms with Crippen LogP contribution in [-0.2, 0) is 9.47 Å². The lowest BCUT2D eigenvalue weighted by Gasteiger charge is -2.43. The lowest BCUT2D eigenvalue weighted by atomic mass is 9.79. The van der Waals surface area contributed by atoms with Gasteiger partial charge in [0.15, 0.2) is 12.1 Å². The molecule has 1 aromatic heterocycles. The predicted molar refractivity (Wildman–Crippen MR) is 84.4 cm³/mol. The maximum atomic E-state index is 13.0. The molecule has 0 bridgehead atoms. The SMILES string of the molecule is CO[C@@H]1CC[C@@]2(OC)CCN(C(=O)c3ncoc3C(C)C)[C@H]2C1. The number of ether oxygens (including phenoxy) is 2. The zero-order valence-electron chi connectivity index (χ0n) is 14.4. The monoisotopic (exact) mass is 322 g/mol. The van der Waals surface area contributed by atoms with Gasteiger partial charge in [-0.2, -0.15) is 0 Å². The second kappa shape index (κ2) is 6.24. The molecule has 3 atom stereocenters. The van der Waals surface area contributed by atoms with E-state index in [4.69, 9.17) is 13.9 Å². The average molecular weight is 322 g/mol. The lowest BCUT2D eigenvalue weighted by Crippen LogP contribution is -2.53. The van der Waals surface area contributed by atoms with Gasteiger partial charge < -0.3 is 18.8 Å². The Morgan fingerprint density at radius 2 is 2.22 bits per heavy atom. The van der Waals surface area contributed by atoms with Crippen LogP contribution >= 0.6 is 0 Å². The molecule has 2 fully saturated rings. The molecule has 0 N–H and O–H groups in total. The first-order valence-electron chi connectivity index (χ1n) is 8.34. The standard InChI is InChI=1S/C17H26N2O4/c1-11(2)15-14(18-10-23-15)16(20)19-8-7-17(22-4)6-5-12(21-3)9-13(17)19/h10-13H,5-9H2,1-4H3/t12-,13+,17-/m1/s1. The van der Waals surface area contributed by atoms with E-state index in [0.29, 0.717) is 18.0 Å². The lowest BCUT2D eigenvalue weighted by molar-refractivity contribution is -0.0894. The topological polar surface area (TPSA) is 64.8 Å². The molecule has 2 aliphatic rings. The maximum absolute atomic E-state index is 13.0. The Kier molecular flexibility index (Phi) is 4.47. The van der Waals surface area contributed by atoms with Gasteiger partial charge in [0.05, 0.1) is 17.7 Å². The van der Waals surface area contributed by atoms with Gasteiger partial charge in [-0.05, 0) is 25.7 Å². The van der Waals surface area contributed by atoms with Crippen LogP contribution in [0.4, 0.5) is 0 Å². The third kappa shape index (κ3) is 2.68. The molecule has 1 saturated carbocycles. The number of hydrogen-bond donors (Lipinski definition) is 0. The van der Waals surface area contributed by atoms with Crippen LogP contribution in [0.15, 0.2) is 10.8 Å². The number of carbonyl (C=O) groups is 1. The summed E-state index contributed by atoms with van der Waals surface area (Å²) in [4.78, 5) is 19.1. The highest BCUT2D eigenvalue weighted by Crippen LogP contribution is 2.43. The zero-order valence-corrected chi connectivity index (χ0v) is 14.4. The van der Waals surface area contributed by atoms with E-state index in [9.17, 15) is 4.79 Å². The van der Waals surface area contributed by atoms with Crippen LogP contribution in [0.3, 0.4) is 0 Å². The van der Waals surface area contributed by atoms with Crippen molar-refractivity contribution in [3.05, 3.63) is 17.8 Å². The summed E-state index contributed by atoms with van der Waals surface area (Å²) in [5.41, 5.74) is 0.193. The summed E-state index contributed by atoms with van der Waals surface area (Å²) in [5, 5.41) is 0. The first-order chi connectivity index (χ1) is 11.0. The number of aromatic nitrogens is 1. The third-order valence-corrected chi connectivity index (χ3v) is 5.46. The summed E-state index contributed by atoms with van der Waals surface area (Å²) in [7, 11) is 3.49. The molecule has 1 amide bonds. The fourth-order valence-corrected chi connectivity index (χ4v) is 4.08. The number of amides is 1. The fraction of sp³-hybridized carbons (Fsp3) is 0.765. The van der Waals surface area contributed by atoms with Crippen LogP contribution in [0.1, 0.15) is 61.7 Å². The van der Waals surface area contributed by atoms with Gasteiger partial charge in [0.25, 0.3) is 5.91 Å². The van der Waals surface area contributed by atoms with E-state index in [0.717, 1.165) is 25.7 Å². The molecule has 0 radical (unpaired) electrons. The minimum atomic E-state index is -0.244. The van der Waals surface area contributed by atoms with Crippen molar-refractivity contribution < 1.29 is 18.7 Å². The number of rotatable bonds is 4. The molecule has 23 heavy (non-hydrogen) atoms. The number of carbonyl (C=O) groups excluding carboxylic acids is 1. The van der Waals surface area contributed by atoms with E-state index in [1.807, 2.05) is 18.7 Å². The molecule has 0 spiro atoms. The molecule has 3 rings (SSSR count). The first-order valence-corrected chi connectivity index (χ1v) is 8.34. The van der Waals surface area contributed by atoms with Crippen LogP contribution in [0.25, 0.3) is 0 Å². The van der Waals surface area contributed by atoms with Gasteiger partial charge in [-0.25, -0.2) is 4.98 Å². The molecule has 1 aliphatic carbocycles. The molecular formula is C17H26N2O4. The second-order valence-corrected chi connectivity index (χ2v) is 6.89. The van der Waals surface area contributed by atoms with Gasteiger partial charge in [-0.15, -0.1) is 0 Å². The fourth-order valence-electron chi connectivity index (χ4n) is 4.08. The minimum Gasteiger partial charge on any atom is -0.447 e. The quantitative estimate of drug-likeness (QED) is 0.852. The number of fused-ring (bicyclic) bond motifs is 1. The first kappa shape index (κ1) is 16.5. The Hall–Kier alpha value is -1.40. The summed E-state index contributed by atoms with van der Waals surface area (Å²) in [6.07, 6.45) is 5.12. The van der Waals surface area contributed by atoms with Crippen LogP contribution < -0.4 is 0 Å². The van der Waals surface area contributed by atoms with Crippen molar-refractivity contribution in [2.75, 3.05) is 20.8 Å². The van der Waals surface area contributed by atoms with Gasteiger partial charge >= 0.3 is 0 Å². The Bertz CT molecular complexity index is 571. The smallest absolute Gasteiger partial charge is 0.276 e. The van der Waals surface area contributed by atoms with E-state index in [1.165, 1.54) is 6.39 Å². The van der Waals surface area contributed by atoms with Crippen LogP contribution in [0.5, 0.6) is 0 Å². The van der Waals surface area contributed by atoms with Gasteiger partial charge in [0.2, 0.25) is 0 Å². The van der Waals surface area contributed by atoms with Crippen molar-refractivity contribution in [3.8, 4) is 0 Å². The minimum absolute atomic E-state index is 0.0374. The normalized spacial score (nSPS) is 30.7. The van der Waals surface area contributed by atoms with Crippen molar-refractivity contribution >= 4 is 5.91 Å². The average Bonchev–Trinajstić information content (AvgIpc) is 3.18. The number of likely N-dealkylation sites (tertiary alicyclic amines) is 1. The van der Waals surface area contributed by atoms with E-state index >= 15 is 0 Å². The van der Waals surface area contributed by atoms with Gasteiger partial charge in [-0.3, -0.25) is 4.79 Å². The molecule has 6 nitrogen and oxygen atoms in total. The Morgan fingerprint density at radius 1 is 1.43 bits per heavy atom. The molecule has 1 aromatic rings. The zero-order chi connectivity index (χ0) is 16.6. The summed E-state index contributed by atoms with van der Waals surface area (Å²) in [5.74, 6) is 0.733. The van der Waals surface area contributed by atoms with E-state index in [2.05, 4.69) is 4.98 Å². The van der Waals surface area contributed by atoms with Crippen LogP contribution in [0.2, 0.25) is 0 Å². The second-order valence-electron chi connectivity index (χ2n) is 6.89. The Morgan fingerprint density at radius 3 is 2.87 bits per heavy atom. The molecule has 0 unspecified atom stereocenters. The maximum Gasteiger partial charge on any atom is 0.276 e. The highest BCUT2D eigenvalue weighted by Gasteiger charge is 2.53. The van der Waals surface area contributed by atoms with Gasteiger partial charge in [-0.1, -0.05) is 13.8 Å². The Labute approximate surface area is 137 Å². The summed E-state index contributed by atoms with van der Waals surface area (Å²) in [6, 6.07) is 0.0374. The largest absolute Gasteiger partial charge is 0.447 e. The van der Waals surface area contributed by atoms with Crippen LogP contribution in [0, 0.1) is 0 Å². The number of oxazole rings is 1. The highest BCUT2D eigenvalue weighted by molar-refractivity contribution is 5.94. The van der Waals surface area contributed by atoms with E-state index in [1.54, 1.807) is 14.2 Å². The van der Waals surface area contributed by atoms with Gasteiger partial charge in [0, 0.05) is 26.7 Å². The summed E-state index contributed by atoms with van der Waals surface area (Å²) < 4.78 is 16.8. The molecule has 1 saturated heterocycles. The number of methoxy groups -OCH3 is 2. The number of nitrogens with zero attached hydrogens (tertiary/aromatic N) is 2. The number of hydrogen-bond acceptors (Lipinski definition) is 5. The summed E-state index contributed by atoms with van der Waals surface area (Å²) >= 11 is 0. The van der Waals surface area contributed by atoms with Crippen molar-refractivity contribution in [2.45, 2.75) is 63.2 Å².